The lowest BCUT2D eigenvalue weighted by Crippen LogP contribution is -2.56. The van der Waals surface area contributed by atoms with Gasteiger partial charge in [0.15, 0.2) is 5.96 Å². The van der Waals surface area contributed by atoms with Crippen molar-refractivity contribution in [3.05, 3.63) is 0 Å². The molecule has 1 amide bonds. The van der Waals surface area contributed by atoms with E-state index in [1.165, 1.54) is 32.1 Å². The molecule has 0 unspecified atom stereocenters. The SMILES string of the molecule is CN=C(NCC1(C2CC2)CCC1)N1CCN(CC(=O)N2CCOCC2)CC1.I. The van der Waals surface area contributed by atoms with Crippen LogP contribution in [0, 0.1) is 11.3 Å². The van der Waals surface area contributed by atoms with Gasteiger partial charge in [-0.1, -0.05) is 6.42 Å². The van der Waals surface area contributed by atoms with Gasteiger partial charge in [0.05, 0.1) is 19.8 Å². The van der Waals surface area contributed by atoms with Crippen LogP contribution in [0.5, 0.6) is 0 Å². The number of ether oxygens (including phenoxy) is 1. The summed E-state index contributed by atoms with van der Waals surface area (Å²) in [5.74, 6) is 2.24. The molecule has 4 fully saturated rings. The van der Waals surface area contributed by atoms with Crippen molar-refractivity contribution in [2.24, 2.45) is 16.3 Å². The Morgan fingerprint density at radius 1 is 1.07 bits per heavy atom. The first kappa shape index (κ1) is 22.1. The number of hydrogen-bond donors (Lipinski definition) is 1. The zero-order valence-electron chi connectivity index (χ0n) is 17.2. The number of hydrogen-bond acceptors (Lipinski definition) is 4. The molecule has 0 radical (unpaired) electrons. The molecule has 28 heavy (non-hydrogen) atoms. The van der Waals surface area contributed by atoms with Crippen molar-refractivity contribution in [3.63, 3.8) is 0 Å². The Kier molecular flexibility index (Phi) is 7.83. The number of halogens is 1. The summed E-state index contributed by atoms with van der Waals surface area (Å²) in [7, 11) is 1.89. The molecule has 8 heteroatoms. The second-order valence-corrected chi connectivity index (χ2v) is 8.65. The first-order valence-corrected chi connectivity index (χ1v) is 10.7. The lowest BCUT2D eigenvalue weighted by molar-refractivity contribution is -0.136. The van der Waals surface area contributed by atoms with Crippen LogP contribution in [0.3, 0.4) is 0 Å². The summed E-state index contributed by atoms with van der Waals surface area (Å²) in [5, 5.41) is 3.68. The Bertz CT molecular complexity index is 551. The summed E-state index contributed by atoms with van der Waals surface area (Å²) >= 11 is 0. The molecule has 4 rings (SSSR count). The number of amides is 1. The van der Waals surface area contributed by atoms with Gasteiger partial charge in [0, 0.05) is 52.9 Å². The van der Waals surface area contributed by atoms with Gasteiger partial charge < -0.3 is 19.9 Å². The molecule has 1 N–H and O–H groups in total. The predicted molar refractivity (Wildman–Crippen MR) is 121 cm³/mol. The second kappa shape index (κ2) is 9.93. The van der Waals surface area contributed by atoms with Crippen LogP contribution in [0.15, 0.2) is 4.99 Å². The molecule has 0 aromatic carbocycles. The monoisotopic (exact) mass is 505 g/mol. The minimum atomic E-state index is 0. The van der Waals surface area contributed by atoms with E-state index in [1.54, 1.807) is 0 Å². The van der Waals surface area contributed by atoms with Crippen molar-refractivity contribution in [1.29, 1.82) is 0 Å². The van der Waals surface area contributed by atoms with E-state index in [1.807, 2.05) is 11.9 Å². The van der Waals surface area contributed by atoms with Crippen LogP contribution in [-0.2, 0) is 9.53 Å². The van der Waals surface area contributed by atoms with E-state index < -0.39 is 0 Å². The first-order valence-electron chi connectivity index (χ1n) is 10.7. The zero-order valence-corrected chi connectivity index (χ0v) is 19.5. The van der Waals surface area contributed by atoms with Crippen molar-refractivity contribution in [2.45, 2.75) is 32.1 Å². The van der Waals surface area contributed by atoms with Gasteiger partial charge >= 0.3 is 0 Å². The number of nitrogens with one attached hydrogen (secondary N) is 1. The third-order valence-electron chi connectivity index (χ3n) is 7.00. The van der Waals surface area contributed by atoms with Gasteiger partial charge in [-0.3, -0.25) is 14.7 Å². The van der Waals surface area contributed by atoms with Crippen molar-refractivity contribution >= 4 is 35.8 Å². The Balaban J connectivity index is 0.00000225. The van der Waals surface area contributed by atoms with Crippen molar-refractivity contribution in [3.8, 4) is 0 Å². The second-order valence-electron chi connectivity index (χ2n) is 8.65. The molecule has 0 aromatic rings. The highest BCUT2D eigenvalue weighted by Gasteiger charge is 2.48. The molecular weight excluding hydrogens is 469 g/mol. The number of nitrogens with zero attached hydrogens (tertiary/aromatic N) is 4. The van der Waals surface area contributed by atoms with Crippen LogP contribution in [0.2, 0.25) is 0 Å². The van der Waals surface area contributed by atoms with Gasteiger partial charge in [-0.25, -0.2) is 0 Å². The molecule has 2 aliphatic carbocycles. The quantitative estimate of drug-likeness (QED) is 0.346. The van der Waals surface area contributed by atoms with E-state index in [-0.39, 0.29) is 29.9 Å². The minimum Gasteiger partial charge on any atom is -0.378 e. The third-order valence-corrected chi connectivity index (χ3v) is 7.00. The lowest BCUT2D eigenvalue weighted by Gasteiger charge is -2.44. The van der Waals surface area contributed by atoms with Gasteiger partial charge in [0.25, 0.3) is 0 Å². The highest BCUT2D eigenvalue weighted by Crippen LogP contribution is 2.56. The molecule has 4 aliphatic rings. The Morgan fingerprint density at radius 2 is 1.75 bits per heavy atom. The highest BCUT2D eigenvalue weighted by atomic mass is 127. The van der Waals surface area contributed by atoms with Gasteiger partial charge in [0.2, 0.25) is 5.91 Å². The van der Waals surface area contributed by atoms with Gasteiger partial charge in [-0.2, -0.15) is 0 Å². The average molecular weight is 505 g/mol. The maximum absolute atomic E-state index is 12.4. The Hall–Kier alpha value is -0.610. The van der Waals surface area contributed by atoms with Crippen molar-refractivity contribution < 1.29 is 9.53 Å². The Labute approximate surface area is 186 Å². The van der Waals surface area contributed by atoms with Gasteiger partial charge in [-0.05, 0) is 37.0 Å². The maximum atomic E-state index is 12.4. The van der Waals surface area contributed by atoms with Crippen molar-refractivity contribution in [1.82, 2.24) is 20.0 Å². The molecule has 160 valence electrons. The van der Waals surface area contributed by atoms with Crippen LogP contribution in [-0.4, -0.2) is 99.2 Å². The van der Waals surface area contributed by atoms with Gasteiger partial charge in [0.1, 0.15) is 0 Å². The lowest BCUT2D eigenvalue weighted by atomic mass is 9.65. The Morgan fingerprint density at radius 3 is 2.29 bits per heavy atom. The fourth-order valence-electron chi connectivity index (χ4n) is 4.87. The maximum Gasteiger partial charge on any atom is 0.236 e. The van der Waals surface area contributed by atoms with E-state index in [0.717, 1.165) is 57.7 Å². The average Bonchev–Trinajstić information content (AvgIpc) is 3.51. The fourth-order valence-corrected chi connectivity index (χ4v) is 4.87. The first-order chi connectivity index (χ1) is 13.2. The number of piperazine rings is 1. The smallest absolute Gasteiger partial charge is 0.236 e. The molecule has 0 bridgehead atoms. The largest absolute Gasteiger partial charge is 0.378 e. The summed E-state index contributed by atoms with van der Waals surface area (Å²) in [6.45, 7) is 8.14. The number of morpholine rings is 1. The fraction of sp³-hybridized carbons (Fsp3) is 0.900. The van der Waals surface area contributed by atoms with Crippen LogP contribution < -0.4 is 5.32 Å². The number of rotatable bonds is 5. The van der Waals surface area contributed by atoms with E-state index in [9.17, 15) is 4.79 Å². The summed E-state index contributed by atoms with van der Waals surface area (Å²) in [6, 6.07) is 0. The standard InChI is InChI=1S/C20H35N5O2.HI/c1-21-19(22-16-20(5-2-6-20)17-3-4-17)25-9-7-23(8-10-25)15-18(26)24-11-13-27-14-12-24;/h17H,2-16H2,1H3,(H,21,22);1H. The van der Waals surface area contributed by atoms with E-state index in [2.05, 4.69) is 20.1 Å². The van der Waals surface area contributed by atoms with Crippen LogP contribution in [0.1, 0.15) is 32.1 Å². The minimum absolute atomic E-state index is 0. The van der Waals surface area contributed by atoms with Crippen LogP contribution in [0.4, 0.5) is 0 Å². The molecule has 2 heterocycles. The van der Waals surface area contributed by atoms with Crippen LogP contribution >= 0.6 is 24.0 Å². The molecule has 7 nitrogen and oxygen atoms in total. The molecule has 0 atom stereocenters. The normalized spacial score (nSPS) is 25.7. The van der Waals surface area contributed by atoms with Gasteiger partial charge in [-0.15, -0.1) is 24.0 Å². The molecule has 0 spiro atoms. The zero-order chi connectivity index (χ0) is 18.7. The van der Waals surface area contributed by atoms with Crippen LogP contribution in [0.25, 0.3) is 0 Å². The predicted octanol–water partition coefficient (Wildman–Crippen LogP) is 1.24. The highest BCUT2D eigenvalue weighted by molar-refractivity contribution is 14.0. The summed E-state index contributed by atoms with van der Waals surface area (Å²) in [5.41, 5.74) is 0.558. The number of carbonyl (C=O) groups is 1. The number of guanidine groups is 1. The van der Waals surface area contributed by atoms with Crippen molar-refractivity contribution in [2.75, 3.05) is 72.6 Å². The number of carbonyl (C=O) groups excluding carboxylic acids is 1. The topological polar surface area (TPSA) is 60.4 Å². The van der Waals surface area contributed by atoms with E-state index in [0.29, 0.717) is 25.2 Å². The van der Waals surface area contributed by atoms with E-state index in [4.69, 9.17) is 4.74 Å². The molecular formula is C20H36IN5O2. The molecule has 2 saturated carbocycles. The summed E-state index contributed by atoms with van der Waals surface area (Å²) < 4.78 is 5.34. The summed E-state index contributed by atoms with van der Waals surface area (Å²) in [4.78, 5) is 23.5. The molecule has 0 aromatic heterocycles. The third kappa shape index (κ3) is 5.11. The number of aliphatic imine (C=N–C) groups is 1. The molecule has 2 saturated heterocycles. The summed E-state index contributed by atoms with van der Waals surface area (Å²) in [6.07, 6.45) is 7.02. The van der Waals surface area contributed by atoms with E-state index >= 15 is 0 Å². The molecule has 2 aliphatic heterocycles.